The van der Waals surface area contributed by atoms with Crippen molar-refractivity contribution in [2.45, 2.75) is 39.2 Å². The van der Waals surface area contributed by atoms with Crippen LogP contribution < -0.4 is 0 Å². The van der Waals surface area contributed by atoms with Crippen molar-refractivity contribution in [2.24, 2.45) is 5.92 Å². The third-order valence-corrected chi connectivity index (χ3v) is 3.28. The number of rotatable bonds is 4. The van der Waals surface area contributed by atoms with Crippen LogP contribution in [0.15, 0.2) is 18.2 Å². The van der Waals surface area contributed by atoms with E-state index in [2.05, 4.69) is 0 Å². The lowest BCUT2D eigenvalue weighted by molar-refractivity contribution is -0.0130. The molecule has 0 fully saturated rings. The monoisotopic (exact) mass is 228 g/mol. The highest BCUT2D eigenvalue weighted by Crippen LogP contribution is 2.35. The fraction of sp³-hybridized carbons (Fsp3) is 0.538. The Kier molecular flexibility index (Phi) is 4.03. The van der Waals surface area contributed by atoms with E-state index in [4.69, 9.17) is 0 Å². The summed E-state index contributed by atoms with van der Waals surface area (Å²) in [6.07, 6.45) is 1.44. The van der Waals surface area contributed by atoms with E-state index in [1.165, 1.54) is 12.1 Å². The van der Waals surface area contributed by atoms with Crippen LogP contribution in [0, 0.1) is 17.6 Å². The fourth-order valence-electron chi connectivity index (χ4n) is 2.20. The highest BCUT2D eigenvalue weighted by Gasteiger charge is 2.34. The Bertz CT molecular complexity index is 357. The normalized spacial score (nSPS) is 15.2. The molecular formula is C13H18F2O. The number of halogens is 2. The number of benzene rings is 1. The Hall–Kier alpha value is -0.960. The second-order valence-electron chi connectivity index (χ2n) is 4.26. The van der Waals surface area contributed by atoms with Gasteiger partial charge in [-0.15, -0.1) is 0 Å². The maximum atomic E-state index is 13.6. The second kappa shape index (κ2) is 4.91. The molecule has 0 bridgehead atoms. The second-order valence-corrected chi connectivity index (χ2v) is 4.26. The van der Waals surface area contributed by atoms with Crippen molar-refractivity contribution in [1.82, 2.24) is 0 Å². The van der Waals surface area contributed by atoms with Crippen molar-refractivity contribution in [3.8, 4) is 0 Å². The maximum absolute atomic E-state index is 13.6. The van der Waals surface area contributed by atoms with Crippen molar-refractivity contribution < 1.29 is 13.9 Å². The van der Waals surface area contributed by atoms with E-state index in [9.17, 15) is 13.9 Å². The van der Waals surface area contributed by atoms with Gasteiger partial charge in [-0.05, 0) is 18.9 Å². The summed E-state index contributed by atoms with van der Waals surface area (Å²) in [5.74, 6) is -1.94. The Labute approximate surface area is 95.1 Å². The Balaban J connectivity index is 3.20. The standard InChI is InChI=1S/C13H18F2O/c1-4-9(5-2)13(3,16)10-7-6-8-11(14)12(10)15/h6-9,16H,4-5H2,1-3H3. The highest BCUT2D eigenvalue weighted by molar-refractivity contribution is 5.25. The van der Waals surface area contributed by atoms with E-state index >= 15 is 0 Å². The van der Waals surface area contributed by atoms with E-state index in [-0.39, 0.29) is 11.5 Å². The summed E-state index contributed by atoms with van der Waals surface area (Å²) in [5.41, 5.74) is -1.28. The van der Waals surface area contributed by atoms with Crippen LogP contribution in [0.1, 0.15) is 39.2 Å². The lowest BCUT2D eigenvalue weighted by atomic mass is 9.79. The predicted octanol–water partition coefficient (Wildman–Crippen LogP) is 3.61. The minimum atomic E-state index is -1.32. The fourth-order valence-corrected chi connectivity index (χ4v) is 2.20. The van der Waals surface area contributed by atoms with Crippen LogP contribution in [0.25, 0.3) is 0 Å². The Morgan fingerprint density at radius 1 is 1.25 bits per heavy atom. The predicted molar refractivity (Wildman–Crippen MR) is 60.0 cm³/mol. The minimum Gasteiger partial charge on any atom is -0.385 e. The largest absolute Gasteiger partial charge is 0.385 e. The molecule has 1 rings (SSSR count). The lowest BCUT2D eigenvalue weighted by Crippen LogP contribution is -2.32. The van der Waals surface area contributed by atoms with Crippen molar-refractivity contribution >= 4 is 0 Å². The molecule has 0 aromatic heterocycles. The van der Waals surface area contributed by atoms with E-state index in [1.54, 1.807) is 6.92 Å². The highest BCUT2D eigenvalue weighted by atomic mass is 19.2. The molecule has 0 saturated heterocycles. The van der Waals surface area contributed by atoms with Crippen molar-refractivity contribution in [3.63, 3.8) is 0 Å². The molecular weight excluding hydrogens is 210 g/mol. The molecule has 0 radical (unpaired) electrons. The van der Waals surface area contributed by atoms with Gasteiger partial charge >= 0.3 is 0 Å². The molecule has 1 aromatic carbocycles. The molecule has 0 saturated carbocycles. The summed E-state index contributed by atoms with van der Waals surface area (Å²) < 4.78 is 26.7. The van der Waals surface area contributed by atoms with Gasteiger partial charge in [-0.1, -0.05) is 38.8 Å². The summed E-state index contributed by atoms with van der Waals surface area (Å²) in [7, 11) is 0. The van der Waals surface area contributed by atoms with Crippen LogP contribution in [-0.2, 0) is 5.60 Å². The Morgan fingerprint density at radius 2 is 1.81 bits per heavy atom. The van der Waals surface area contributed by atoms with E-state index in [1.807, 2.05) is 13.8 Å². The van der Waals surface area contributed by atoms with Gasteiger partial charge < -0.3 is 5.11 Å². The van der Waals surface area contributed by atoms with Gasteiger partial charge in [-0.3, -0.25) is 0 Å². The third-order valence-electron chi connectivity index (χ3n) is 3.28. The topological polar surface area (TPSA) is 20.2 Å². The minimum absolute atomic E-state index is 0.0428. The van der Waals surface area contributed by atoms with Gasteiger partial charge in [0.1, 0.15) is 0 Å². The van der Waals surface area contributed by atoms with Crippen molar-refractivity contribution in [3.05, 3.63) is 35.4 Å². The average Bonchev–Trinajstić information content (AvgIpc) is 2.23. The molecule has 90 valence electrons. The molecule has 1 aromatic rings. The summed E-state index contributed by atoms with van der Waals surface area (Å²) in [6, 6.07) is 3.92. The zero-order chi connectivity index (χ0) is 12.3. The first-order valence-corrected chi connectivity index (χ1v) is 5.61. The molecule has 0 aliphatic heterocycles. The van der Waals surface area contributed by atoms with E-state index in [0.717, 1.165) is 18.9 Å². The van der Waals surface area contributed by atoms with Crippen molar-refractivity contribution in [2.75, 3.05) is 0 Å². The number of aliphatic hydroxyl groups is 1. The molecule has 0 spiro atoms. The van der Waals surface area contributed by atoms with E-state index in [0.29, 0.717) is 0 Å². The van der Waals surface area contributed by atoms with Crippen LogP contribution in [0.3, 0.4) is 0 Å². The van der Waals surface area contributed by atoms with Crippen LogP contribution in [0.2, 0.25) is 0 Å². The molecule has 0 heterocycles. The quantitative estimate of drug-likeness (QED) is 0.834. The van der Waals surface area contributed by atoms with Gasteiger partial charge in [0.05, 0.1) is 5.60 Å². The van der Waals surface area contributed by atoms with Gasteiger partial charge in [0.15, 0.2) is 11.6 Å². The zero-order valence-corrected chi connectivity index (χ0v) is 9.93. The maximum Gasteiger partial charge on any atom is 0.164 e. The molecule has 1 unspecified atom stereocenters. The number of hydrogen-bond donors (Lipinski definition) is 1. The van der Waals surface area contributed by atoms with Gasteiger partial charge in [0.25, 0.3) is 0 Å². The summed E-state index contributed by atoms with van der Waals surface area (Å²) in [6.45, 7) is 5.40. The third kappa shape index (κ3) is 2.24. The lowest BCUT2D eigenvalue weighted by Gasteiger charge is -2.32. The van der Waals surface area contributed by atoms with Gasteiger partial charge in [0, 0.05) is 5.56 Å². The van der Waals surface area contributed by atoms with Gasteiger partial charge in [-0.25, -0.2) is 8.78 Å². The summed E-state index contributed by atoms with van der Waals surface area (Å²) in [4.78, 5) is 0. The Morgan fingerprint density at radius 3 is 2.31 bits per heavy atom. The van der Waals surface area contributed by atoms with Gasteiger partial charge in [0.2, 0.25) is 0 Å². The molecule has 16 heavy (non-hydrogen) atoms. The smallest absolute Gasteiger partial charge is 0.164 e. The first kappa shape index (κ1) is 13.1. The van der Waals surface area contributed by atoms with Crippen LogP contribution in [0.4, 0.5) is 8.78 Å². The molecule has 3 heteroatoms. The number of hydrogen-bond acceptors (Lipinski definition) is 1. The SMILES string of the molecule is CCC(CC)C(C)(O)c1cccc(F)c1F. The zero-order valence-electron chi connectivity index (χ0n) is 9.93. The van der Waals surface area contributed by atoms with Crippen LogP contribution in [0.5, 0.6) is 0 Å². The average molecular weight is 228 g/mol. The summed E-state index contributed by atoms with van der Waals surface area (Å²) >= 11 is 0. The van der Waals surface area contributed by atoms with Crippen LogP contribution in [-0.4, -0.2) is 5.11 Å². The molecule has 0 aliphatic rings. The molecule has 1 atom stereocenters. The first-order valence-electron chi connectivity index (χ1n) is 5.61. The first-order chi connectivity index (χ1) is 7.45. The molecule has 0 amide bonds. The summed E-state index contributed by atoms with van der Waals surface area (Å²) in [5, 5.41) is 10.3. The molecule has 0 aliphatic carbocycles. The molecule has 1 nitrogen and oxygen atoms in total. The van der Waals surface area contributed by atoms with Crippen molar-refractivity contribution in [1.29, 1.82) is 0 Å². The molecule has 1 N–H and O–H groups in total. The van der Waals surface area contributed by atoms with Gasteiger partial charge in [-0.2, -0.15) is 0 Å². The van der Waals surface area contributed by atoms with Crippen LogP contribution >= 0.6 is 0 Å². The van der Waals surface area contributed by atoms with E-state index < -0.39 is 17.2 Å².